The van der Waals surface area contributed by atoms with E-state index in [0.717, 1.165) is 12.5 Å². The summed E-state index contributed by atoms with van der Waals surface area (Å²) in [5.41, 5.74) is 23.4. The molecular formula is C45H49N5O13. The van der Waals surface area contributed by atoms with Crippen LogP contribution in [0.4, 0.5) is 0 Å². The van der Waals surface area contributed by atoms with Crippen molar-refractivity contribution in [1.82, 2.24) is 0 Å². The number of aliphatic hydroxyl groups is 4. The monoisotopic (exact) mass is 867 g/mol. The van der Waals surface area contributed by atoms with Gasteiger partial charge in [0.25, 0.3) is 0 Å². The quantitative estimate of drug-likeness (QED) is 0.00980. The Hall–Kier alpha value is -6.35. The van der Waals surface area contributed by atoms with Gasteiger partial charge in [0.15, 0.2) is 23.8 Å². The molecule has 63 heavy (non-hydrogen) atoms. The Labute approximate surface area is 361 Å². The van der Waals surface area contributed by atoms with Crippen LogP contribution in [0.5, 0.6) is 17.2 Å². The molecule has 6 rings (SSSR count). The number of hydrogen-bond donors (Lipinski definition) is 9. The first kappa shape index (κ1) is 46.2. The van der Waals surface area contributed by atoms with E-state index in [1.165, 1.54) is 25.1 Å². The first-order valence-corrected chi connectivity index (χ1v) is 19.9. The van der Waals surface area contributed by atoms with E-state index >= 15 is 4.79 Å². The highest BCUT2D eigenvalue weighted by atomic mass is 16.7. The molecule has 0 saturated carbocycles. The molecule has 1 fully saturated rings. The molecule has 0 aromatic heterocycles. The highest BCUT2D eigenvalue weighted by Gasteiger charge is 2.46. The summed E-state index contributed by atoms with van der Waals surface area (Å²) in [5.74, 6) is -3.83. The molecule has 2 aliphatic rings. The molecule has 0 spiro atoms. The number of phenols is 1. The van der Waals surface area contributed by atoms with E-state index in [1.807, 2.05) is 6.07 Å². The SMILES string of the molecule is CC(=O)Oc1cc(CO)c2c(c1C=Cc1cccc(CCO)c1)C(=O)c1cc(OC3OC(C)C(O)C(O)C3OCCN=C(N)N)c(Cc3cccc(C(N)N)c3C=O)c(O)c1C2=O. The predicted molar refractivity (Wildman–Crippen MR) is 228 cm³/mol. The number of guanidine groups is 1. The van der Waals surface area contributed by atoms with E-state index in [9.17, 15) is 39.9 Å². The second-order valence-electron chi connectivity index (χ2n) is 15.0. The number of carbonyl (C=O) groups is 4. The van der Waals surface area contributed by atoms with Crippen LogP contribution in [-0.2, 0) is 33.7 Å². The molecule has 0 bridgehead atoms. The van der Waals surface area contributed by atoms with Crippen molar-refractivity contribution < 1.29 is 63.7 Å². The van der Waals surface area contributed by atoms with Gasteiger partial charge in [-0.2, -0.15) is 0 Å². The Balaban J connectivity index is 1.57. The molecule has 18 nitrogen and oxygen atoms in total. The zero-order valence-electron chi connectivity index (χ0n) is 34.4. The van der Waals surface area contributed by atoms with Gasteiger partial charge in [0.2, 0.25) is 6.29 Å². The van der Waals surface area contributed by atoms with Gasteiger partial charge >= 0.3 is 5.97 Å². The maximum absolute atomic E-state index is 15.0. The molecule has 332 valence electrons. The lowest BCUT2D eigenvalue weighted by Crippen LogP contribution is -2.59. The average molecular weight is 868 g/mol. The van der Waals surface area contributed by atoms with Crippen LogP contribution < -0.4 is 32.4 Å². The molecular weight excluding hydrogens is 819 g/mol. The maximum Gasteiger partial charge on any atom is 0.308 e. The minimum absolute atomic E-state index is 0.00125. The van der Waals surface area contributed by atoms with Crippen molar-refractivity contribution in [3.05, 3.63) is 121 Å². The van der Waals surface area contributed by atoms with Crippen LogP contribution in [0.1, 0.15) is 101 Å². The lowest BCUT2D eigenvalue weighted by Gasteiger charge is -2.41. The molecule has 4 aromatic rings. The number of fused-ring (bicyclic) bond motifs is 2. The summed E-state index contributed by atoms with van der Waals surface area (Å²) < 4.78 is 23.8. The summed E-state index contributed by atoms with van der Waals surface area (Å²) in [7, 11) is 0. The zero-order chi connectivity index (χ0) is 45.7. The number of aldehydes is 1. The Kier molecular flexibility index (Phi) is 14.5. The molecule has 0 radical (unpaired) electrons. The van der Waals surface area contributed by atoms with Crippen molar-refractivity contribution in [2.45, 2.75) is 70.2 Å². The number of aromatic hydroxyl groups is 1. The average Bonchev–Trinajstić information content (AvgIpc) is 3.24. The maximum atomic E-state index is 15.0. The van der Waals surface area contributed by atoms with Gasteiger partial charge < -0.3 is 67.4 Å². The highest BCUT2D eigenvalue weighted by molar-refractivity contribution is 6.31. The number of ether oxygens (including phenoxy) is 4. The number of nitrogens with zero attached hydrogens (tertiary/aromatic N) is 1. The van der Waals surface area contributed by atoms with Gasteiger partial charge in [-0.15, -0.1) is 0 Å². The van der Waals surface area contributed by atoms with Gasteiger partial charge in [-0.05, 0) is 59.4 Å². The minimum Gasteiger partial charge on any atom is -0.507 e. The number of esters is 1. The number of hydrogen-bond acceptors (Lipinski definition) is 16. The third kappa shape index (κ3) is 9.68. The Bertz CT molecular complexity index is 2480. The Morgan fingerprint density at radius 3 is 2.33 bits per heavy atom. The van der Waals surface area contributed by atoms with Gasteiger partial charge in [-0.3, -0.25) is 24.2 Å². The standard InChI is InChI=1S/C45H49N5O13/c1-21-37(55)41(59)42(60-14-12-50-45(48)49)44(61-21)63-33-18-30-36(38(56)29(33)16-25-7-4-8-27(43(46)47)31(25)20-53)40(58)34-26(19-52)17-32(62-22(2)54)28(35(34)39(30)57)10-9-23-5-3-6-24(15-23)11-13-51/h3-10,15,17-18,20-21,37,41-44,51-52,55-56,59H,11-14,16,19,46-47H2,1-2H3,(H4,48,49,50). The zero-order valence-corrected chi connectivity index (χ0v) is 34.4. The van der Waals surface area contributed by atoms with Crippen molar-refractivity contribution in [2.75, 3.05) is 19.8 Å². The fourth-order valence-corrected chi connectivity index (χ4v) is 7.72. The van der Waals surface area contributed by atoms with Gasteiger partial charge in [-0.1, -0.05) is 48.5 Å². The van der Waals surface area contributed by atoms with Gasteiger partial charge in [-0.25, -0.2) is 0 Å². The number of benzene rings is 4. The van der Waals surface area contributed by atoms with Gasteiger partial charge in [0.05, 0.1) is 37.6 Å². The number of phenolic OH excluding ortho intramolecular Hbond substituents is 1. The topological polar surface area (TPSA) is 323 Å². The molecule has 13 N–H and O–H groups in total. The number of carbonyl (C=O) groups excluding carboxylic acids is 4. The van der Waals surface area contributed by atoms with Crippen LogP contribution in [0.3, 0.4) is 0 Å². The van der Waals surface area contributed by atoms with Crippen LogP contribution in [0.25, 0.3) is 12.2 Å². The lowest BCUT2D eigenvalue weighted by molar-refractivity contribution is -0.278. The summed E-state index contributed by atoms with van der Waals surface area (Å²) in [6.45, 7) is 1.52. The predicted octanol–water partition coefficient (Wildman–Crippen LogP) is 1.11. The number of rotatable bonds is 16. The number of nitrogens with two attached hydrogens (primary N) is 4. The van der Waals surface area contributed by atoms with Crippen molar-refractivity contribution in [2.24, 2.45) is 27.9 Å². The van der Waals surface area contributed by atoms with Crippen LogP contribution >= 0.6 is 0 Å². The summed E-state index contributed by atoms with van der Waals surface area (Å²) in [5, 5.41) is 54.3. The van der Waals surface area contributed by atoms with Crippen LogP contribution in [0, 0.1) is 0 Å². The van der Waals surface area contributed by atoms with Crippen molar-refractivity contribution in [3.8, 4) is 17.2 Å². The summed E-state index contributed by atoms with van der Waals surface area (Å²) >= 11 is 0. The molecule has 1 saturated heterocycles. The van der Waals surface area contributed by atoms with Crippen molar-refractivity contribution >= 4 is 41.9 Å². The number of aliphatic hydroxyl groups excluding tert-OH is 4. The summed E-state index contributed by atoms with van der Waals surface area (Å²) in [6.07, 6.45) is -4.42. The molecule has 4 aromatic carbocycles. The van der Waals surface area contributed by atoms with Gasteiger partial charge in [0.1, 0.15) is 35.6 Å². The Morgan fingerprint density at radius 2 is 1.67 bits per heavy atom. The van der Waals surface area contributed by atoms with E-state index < -0.39 is 72.3 Å². The molecule has 1 aliphatic carbocycles. The molecule has 0 amide bonds. The van der Waals surface area contributed by atoms with Crippen molar-refractivity contribution in [3.63, 3.8) is 0 Å². The van der Waals surface area contributed by atoms with E-state index in [2.05, 4.69) is 4.99 Å². The molecule has 18 heteroatoms. The van der Waals surface area contributed by atoms with Gasteiger partial charge in [0, 0.05) is 53.3 Å². The molecule has 1 heterocycles. The fourth-order valence-electron chi connectivity index (χ4n) is 7.72. The second-order valence-corrected chi connectivity index (χ2v) is 15.0. The first-order chi connectivity index (χ1) is 30.1. The number of aliphatic imine (C=N–C) groups is 1. The van der Waals surface area contributed by atoms with E-state index in [1.54, 1.807) is 42.5 Å². The minimum atomic E-state index is -1.60. The summed E-state index contributed by atoms with van der Waals surface area (Å²) in [6, 6.07) is 14.3. The Morgan fingerprint density at radius 1 is 0.921 bits per heavy atom. The lowest BCUT2D eigenvalue weighted by atomic mass is 9.77. The second kappa shape index (κ2) is 19.8. The van der Waals surface area contributed by atoms with Crippen LogP contribution in [-0.4, -0.2) is 106 Å². The molecule has 5 atom stereocenters. The largest absolute Gasteiger partial charge is 0.507 e. The highest BCUT2D eigenvalue weighted by Crippen LogP contribution is 2.45. The molecule has 5 unspecified atom stereocenters. The summed E-state index contributed by atoms with van der Waals surface area (Å²) in [4.78, 5) is 58.6. The normalized spacial score (nSPS) is 19.5. The van der Waals surface area contributed by atoms with Crippen LogP contribution in [0.2, 0.25) is 0 Å². The van der Waals surface area contributed by atoms with E-state index in [-0.39, 0.29) is 93.7 Å². The van der Waals surface area contributed by atoms with Crippen molar-refractivity contribution in [1.29, 1.82) is 0 Å². The fraction of sp³-hybridized carbons (Fsp3) is 0.311. The van der Waals surface area contributed by atoms with Crippen LogP contribution in [0.15, 0.2) is 59.6 Å². The third-order valence-electron chi connectivity index (χ3n) is 10.7. The van der Waals surface area contributed by atoms with E-state index in [0.29, 0.717) is 18.3 Å². The smallest absolute Gasteiger partial charge is 0.308 e. The third-order valence-corrected chi connectivity index (χ3v) is 10.7. The first-order valence-electron chi connectivity index (χ1n) is 19.9. The molecule has 1 aliphatic heterocycles. The van der Waals surface area contributed by atoms with E-state index in [4.69, 9.17) is 41.9 Å². The number of ketones is 2.